The first-order valence-electron chi connectivity index (χ1n) is 13.5. The largest absolute Gasteiger partial charge is 0.447 e. The fourth-order valence-corrected chi connectivity index (χ4v) is 6.24. The van der Waals surface area contributed by atoms with Gasteiger partial charge in [-0.3, -0.25) is 10.1 Å². The lowest BCUT2D eigenvalue weighted by atomic mass is 10.1. The van der Waals surface area contributed by atoms with Crippen molar-refractivity contribution in [3.05, 3.63) is 71.1 Å². The molecule has 1 N–H and O–H groups in total. The molecule has 1 aliphatic heterocycles. The van der Waals surface area contributed by atoms with Crippen LogP contribution in [0.15, 0.2) is 54.7 Å². The van der Waals surface area contributed by atoms with Gasteiger partial charge in [-0.25, -0.2) is 22.6 Å². The predicted octanol–water partition coefficient (Wildman–Crippen LogP) is 4.55. The third-order valence-electron chi connectivity index (χ3n) is 7.30. The average molecular weight is 605 g/mol. The van der Waals surface area contributed by atoms with Gasteiger partial charge >= 0.3 is 6.09 Å². The molecule has 1 saturated heterocycles. The Morgan fingerprint density at radius 3 is 2.63 bits per heavy atom. The molecule has 0 spiro atoms. The molecule has 0 radical (unpaired) electrons. The molecular formula is C29H34ClFN4O5S. The minimum atomic E-state index is -2.97. The van der Waals surface area contributed by atoms with Crippen molar-refractivity contribution in [2.45, 2.75) is 31.7 Å². The highest BCUT2D eigenvalue weighted by molar-refractivity contribution is 7.91. The summed E-state index contributed by atoms with van der Waals surface area (Å²) in [4.78, 5) is 33.6. The number of aromatic nitrogens is 1. The number of nitrogens with zero attached hydrogens (tertiary/aromatic N) is 3. The van der Waals surface area contributed by atoms with Crippen molar-refractivity contribution in [3.8, 4) is 0 Å². The van der Waals surface area contributed by atoms with E-state index < -0.39 is 27.8 Å². The van der Waals surface area contributed by atoms with Gasteiger partial charge in [0.25, 0.3) is 0 Å². The van der Waals surface area contributed by atoms with Crippen LogP contribution in [0.5, 0.6) is 0 Å². The van der Waals surface area contributed by atoms with Crippen LogP contribution in [0.2, 0.25) is 5.02 Å². The molecule has 2 aromatic carbocycles. The molecule has 0 bridgehead atoms. The van der Waals surface area contributed by atoms with Crippen LogP contribution in [0.1, 0.15) is 24.8 Å². The summed E-state index contributed by atoms with van der Waals surface area (Å²) >= 11 is 6.05. The summed E-state index contributed by atoms with van der Waals surface area (Å²) in [5, 5.41) is 4.51. The minimum Gasteiger partial charge on any atom is -0.447 e. The molecule has 0 unspecified atom stereocenters. The number of fused-ring (bicyclic) bond motifs is 1. The van der Waals surface area contributed by atoms with Gasteiger partial charge in [0.1, 0.15) is 18.2 Å². The van der Waals surface area contributed by atoms with E-state index in [1.807, 2.05) is 24.3 Å². The average Bonchev–Trinajstić information content (AvgIpc) is 2.95. The van der Waals surface area contributed by atoms with Gasteiger partial charge in [-0.15, -0.1) is 0 Å². The lowest BCUT2D eigenvalue weighted by Crippen LogP contribution is -2.43. The first-order chi connectivity index (χ1) is 19.6. The van der Waals surface area contributed by atoms with Gasteiger partial charge in [-0.05, 0) is 48.9 Å². The summed E-state index contributed by atoms with van der Waals surface area (Å²) in [6, 6.07) is 13.5. The molecule has 1 atom stereocenters. The Hall–Kier alpha value is -3.28. The van der Waals surface area contributed by atoms with E-state index in [0.29, 0.717) is 43.9 Å². The van der Waals surface area contributed by atoms with Crippen molar-refractivity contribution in [1.29, 1.82) is 0 Å². The number of pyridine rings is 1. The van der Waals surface area contributed by atoms with Crippen LogP contribution in [0.4, 0.5) is 15.0 Å². The summed E-state index contributed by atoms with van der Waals surface area (Å²) in [5.74, 6) is -0.0948. The van der Waals surface area contributed by atoms with E-state index in [4.69, 9.17) is 16.3 Å². The van der Waals surface area contributed by atoms with E-state index in [1.54, 1.807) is 36.3 Å². The number of anilines is 1. The maximum absolute atomic E-state index is 13.8. The number of nitrogens with one attached hydrogen (secondary N) is 1. The molecule has 2 heterocycles. The molecule has 2 amide bonds. The van der Waals surface area contributed by atoms with Crippen molar-refractivity contribution in [2.24, 2.45) is 0 Å². The standard InChI is InChI=1S/C29H34ClFN4O5S/c1-34(27(36)12-11-21-8-4-10-25(31)28(21)30)24(9-5-13-35-14-16-41(38,39)17-15-35)20-40-29(37)33-26-18-22-6-2-3-7-23(22)19-32-26/h2-4,6-8,10,18-19,24H,5,9,11-17,20H2,1H3,(H,32,33,37)/t24-/m0/s1. The van der Waals surface area contributed by atoms with E-state index >= 15 is 0 Å². The maximum atomic E-state index is 13.8. The molecular weight excluding hydrogens is 571 g/mol. The van der Waals surface area contributed by atoms with E-state index in [9.17, 15) is 22.4 Å². The third-order valence-corrected chi connectivity index (χ3v) is 9.33. The molecule has 1 aromatic heterocycles. The molecule has 4 rings (SSSR count). The van der Waals surface area contributed by atoms with Crippen molar-refractivity contribution in [1.82, 2.24) is 14.8 Å². The van der Waals surface area contributed by atoms with Crippen LogP contribution in [0, 0.1) is 5.82 Å². The molecule has 1 aliphatic rings. The zero-order valence-electron chi connectivity index (χ0n) is 22.9. The van der Waals surface area contributed by atoms with Crippen LogP contribution < -0.4 is 5.32 Å². The Bertz CT molecular complexity index is 1480. The summed E-state index contributed by atoms with van der Waals surface area (Å²) in [6.07, 6.45) is 2.56. The van der Waals surface area contributed by atoms with Gasteiger partial charge in [0, 0.05) is 38.1 Å². The monoisotopic (exact) mass is 604 g/mol. The number of hydrogen-bond acceptors (Lipinski definition) is 7. The smallest absolute Gasteiger partial charge is 0.412 e. The first-order valence-corrected chi connectivity index (χ1v) is 15.7. The van der Waals surface area contributed by atoms with Gasteiger partial charge in [0.2, 0.25) is 5.91 Å². The van der Waals surface area contributed by atoms with Crippen molar-refractivity contribution >= 4 is 50.0 Å². The third kappa shape index (κ3) is 8.85. The summed E-state index contributed by atoms with van der Waals surface area (Å²) in [6.45, 7) is 1.58. The molecule has 9 nitrogen and oxygen atoms in total. The Balaban J connectivity index is 1.35. The summed E-state index contributed by atoms with van der Waals surface area (Å²) < 4.78 is 42.8. The first kappa shape index (κ1) is 30.7. The number of hydrogen-bond donors (Lipinski definition) is 1. The number of likely N-dealkylation sites (N-methyl/N-ethyl adjacent to an activating group) is 1. The Kier molecular flexibility index (Phi) is 10.5. The number of amides is 2. The summed E-state index contributed by atoms with van der Waals surface area (Å²) in [5.41, 5.74) is 0.545. The maximum Gasteiger partial charge on any atom is 0.412 e. The number of sulfone groups is 1. The zero-order chi connectivity index (χ0) is 29.4. The van der Waals surface area contributed by atoms with Crippen molar-refractivity contribution in [2.75, 3.05) is 50.1 Å². The number of benzene rings is 2. The van der Waals surface area contributed by atoms with E-state index in [-0.39, 0.29) is 41.9 Å². The minimum absolute atomic E-state index is 0.00496. The Labute approximate surface area is 244 Å². The number of halogens is 2. The molecule has 1 fully saturated rings. The summed E-state index contributed by atoms with van der Waals surface area (Å²) in [7, 11) is -1.32. The van der Waals surface area contributed by atoms with Crippen LogP contribution in [-0.4, -0.2) is 86.0 Å². The molecule has 220 valence electrons. The molecule has 12 heteroatoms. The van der Waals surface area contributed by atoms with Crippen LogP contribution >= 0.6 is 11.6 Å². The topological polar surface area (TPSA) is 109 Å². The van der Waals surface area contributed by atoms with Crippen LogP contribution in [-0.2, 0) is 25.8 Å². The lowest BCUT2D eigenvalue weighted by molar-refractivity contribution is -0.133. The van der Waals surface area contributed by atoms with Gasteiger partial charge in [-0.2, -0.15) is 0 Å². The molecule has 3 aromatic rings. The Morgan fingerprint density at radius 1 is 1.15 bits per heavy atom. The quantitative estimate of drug-likeness (QED) is 0.342. The second kappa shape index (κ2) is 14.1. The fraction of sp³-hybridized carbons (Fsp3) is 0.414. The van der Waals surface area contributed by atoms with Crippen LogP contribution in [0.3, 0.4) is 0 Å². The number of rotatable bonds is 11. The number of ether oxygens (including phenoxy) is 1. The van der Waals surface area contributed by atoms with Gasteiger partial charge in [0.05, 0.1) is 22.6 Å². The van der Waals surface area contributed by atoms with Crippen molar-refractivity contribution < 1.29 is 27.1 Å². The highest BCUT2D eigenvalue weighted by atomic mass is 35.5. The molecule has 0 aliphatic carbocycles. The second-order valence-electron chi connectivity index (χ2n) is 10.1. The second-order valence-corrected chi connectivity index (χ2v) is 12.8. The van der Waals surface area contributed by atoms with Crippen LogP contribution in [0.25, 0.3) is 10.8 Å². The highest BCUT2D eigenvalue weighted by Crippen LogP contribution is 2.22. The van der Waals surface area contributed by atoms with E-state index in [2.05, 4.69) is 15.2 Å². The van der Waals surface area contributed by atoms with Gasteiger partial charge < -0.3 is 14.5 Å². The predicted molar refractivity (Wildman–Crippen MR) is 157 cm³/mol. The number of carbonyl (C=O) groups excluding carboxylic acids is 2. The van der Waals surface area contributed by atoms with Crippen molar-refractivity contribution in [3.63, 3.8) is 0 Å². The van der Waals surface area contributed by atoms with Gasteiger partial charge in [-0.1, -0.05) is 48.0 Å². The number of aryl methyl sites for hydroxylation is 1. The van der Waals surface area contributed by atoms with E-state index in [0.717, 1.165) is 10.8 Å². The lowest BCUT2D eigenvalue weighted by Gasteiger charge is -2.30. The molecule has 0 saturated carbocycles. The van der Waals surface area contributed by atoms with E-state index in [1.165, 1.54) is 6.07 Å². The highest BCUT2D eigenvalue weighted by Gasteiger charge is 2.24. The Morgan fingerprint density at radius 2 is 1.88 bits per heavy atom. The zero-order valence-corrected chi connectivity index (χ0v) is 24.5. The van der Waals surface area contributed by atoms with Gasteiger partial charge in [0.15, 0.2) is 9.84 Å². The number of carbonyl (C=O) groups is 2. The molecule has 41 heavy (non-hydrogen) atoms. The fourth-order valence-electron chi connectivity index (χ4n) is 4.74. The SMILES string of the molecule is CN(C(=O)CCc1cccc(F)c1Cl)[C@@H](CCCN1CCS(=O)(=O)CC1)COC(=O)Nc1cc2ccccc2cn1. The normalized spacial score (nSPS) is 15.8.